The van der Waals surface area contributed by atoms with E-state index in [1.807, 2.05) is 41.3 Å². The third-order valence-corrected chi connectivity index (χ3v) is 6.29. The molecule has 7 nitrogen and oxygen atoms in total. The lowest BCUT2D eigenvalue weighted by atomic mass is 10.0. The largest absolute Gasteiger partial charge is 0.467 e. The van der Waals surface area contributed by atoms with Crippen molar-refractivity contribution in [1.29, 1.82) is 0 Å². The molecule has 5 rings (SSSR count). The Morgan fingerprint density at radius 1 is 0.970 bits per heavy atom. The zero-order valence-electron chi connectivity index (χ0n) is 18.6. The van der Waals surface area contributed by atoms with Crippen LogP contribution < -0.4 is 14.8 Å². The first-order chi connectivity index (χ1) is 16.2. The van der Waals surface area contributed by atoms with Crippen LogP contribution in [0.4, 0.5) is 4.79 Å². The van der Waals surface area contributed by atoms with Gasteiger partial charge in [-0.25, -0.2) is 4.79 Å². The van der Waals surface area contributed by atoms with Gasteiger partial charge in [0.1, 0.15) is 5.76 Å². The first-order valence-electron chi connectivity index (χ1n) is 11.5. The lowest BCUT2D eigenvalue weighted by molar-refractivity contribution is 0.112. The molecule has 0 atom stereocenters. The molecular formula is C26H29N3O4. The van der Waals surface area contributed by atoms with Crippen LogP contribution in [-0.4, -0.2) is 41.8 Å². The highest BCUT2D eigenvalue weighted by Gasteiger charge is 2.29. The van der Waals surface area contributed by atoms with Crippen molar-refractivity contribution in [2.45, 2.75) is 38.5 Å². The highest BCUT2D eigenvalue weighted by molar-refractivity contribution is 5.74. The standard InChI is InChI=1S/C26H29N3O4/c30-26(27-16-23-7-4-14-31-23)29(18-21-8-9-24-25(15-21)33-19-32-24)22-10-12-28(13-11-22)17-20-5-2-1-3-6-20/h1-9,14-15,22H,10-13,16-19H2,(H,27,30). The van der Waals surface area contributed by atoms with Crippen molar-refractivity contribution in [3.63, 3.8) is 0 Å². The number of carbonyl (C=O) groups is 1. The predicted octanol–water partition coefficient (Wildman–Crippen LogP) is 4.38. The summed E-state index contributed by atoms with van der Waals surface area (Å²) in [6.45, 7) is 4.00. The summed E-state index contributed by atoms with van der Waals surface area (Å²) in [6, 6.07) is 20.2. The number of ether oxygens (including phenoxy) is 2. The molecule has 0 saturated carbocycles. The molecule has 2 aliphatic rings. The summed E-state index contributed by atoms with van der Waals surface area (Å²) in [5.74, 6) is 2.23. The molecule has 3 heterocycles. The number of hydrogen-bond acceptors (Lipinski definition) is 5. The molecule has 33 heavy (non-hydrogen) atoms. The van der Waals surface area contributed by atoms with Gasteiger partial charge in [0.15, 0.2) is 11.5 Å². The summed E-state index contributed by atoms with van der Waals surface area (Å²) < 4.78 is 16.3. The van der Waals surface area contributed by atoms with Gasteiger partial charge in [-0.1, -0.05) is 36.4 Å². The number of carbonyl (C=O) groups excluding carboxylic acids is 1. The van der Waals surface area contributed by atoms with E-state index in [9.17, 15) is 4.79 Å². The Hall–Kier alpha value is -3.45. The number of rotatable bonds is 7. The molecule has 1 fully saturated rings. The maximum absolute atomic E-state index is 13.3. The van der Waals surface area contributed by atoms with E-state index in [4.69, 9.17) is 13.9 Å². The molecule has 2 amide bonds. The summed E-state index contributed by atoms with van der Waals surface area (Å²) >= 11 is 0. The van der Waals surface area contributed by atoms with Crippen molar-refractivity contribution >= 4 is 6.03 Å². The van der Waals surface area contributed by atoms with Crippen molar-refractivity contribution in [2.75, 3.05) is 19.9 Å². The van der Waals surface area contributed by atoms with Crippen LogP contribution in [0.15, 0.2) is 71.3 Å². The predicted molar refractivity (Wildman–Crippen MR) is 124 cm³/mol. The molecule has 2 aliphatic heterocycles. The molecule has 1 saturated heterocycles. The number of nitrogens with one attached hydrogen (secondary N) is 1. The van der Waals surface area contributed by atoms with Gasteiger partial charge in [0.25, 0.3) is 0 Å². The molecule has 172 valence electrons. The molecule has 7 heteroatoms. The second kappa shape index (κ2) is 10.0. The van der Waals surface area contributed by atoms with Crippen LogP contribution in [0.25, 0.3) is 0 Å². The molecule has 3 aromatic rings. The van der Waals surface area contributed by atoms with Crippen molar-refractivity contribution in [1.82, 2.24) is 15.1 Å². The molecule has 0 spiro atoms. The van der Waals surface area contributed by atoms with E-state index in [2.05, 4.69) is 34.5 Å². The molecular weight excluding hydrogens is 418 g/mol. The molecule has 0 bridgehead atoms. The zero-order chi connectivity index (χ0) is 22.5. The number of furan rings is 1. The van der Waals surface area contributed by atoms with Gasteiger partial charge in [-0.3, -0.25) is 4.90 Å². The second-order valence-corrected chi connectivity index (χ2v) is 8.55. The fourth-order valence-corrected chi connectivity index (χ4v) is 4.51. The number of fused-ring (bicyclic) bond motifs is 1. The van der Waals surface area contributed by atoms with Gasteiger partial charge in [-0.05, 0) is 48.2 Å². The van der Waals surface area contributed by atoms with Gasteiger partial charge in [0.05, 0.1) is 12.8 Å². The van der Waals surface area contributed by atoms with E-state index in [-0.39, 0.29) is 18.9 Å². The second-order valence-electron chi connectivity index (χ2n) is 8.55. The van der Waals surface area contributed by atoms with Crippen molar-refractivity contribution in [3.05, 3.63) is 83.8 Å². The molecule has 0 unspecified atom stereocenters. The quantitative estimate of drug-likeness (QED) is 0.582. The number of likely N-dealkylation sites (tertiary alicyclic amines) is 1. The van der Waals surface area contributed by atoms with E-state index in [1.54, 1.807) is 6.26 Å². The number of nitrogens with zero attached hydrogens (tertiary/aromatic N) is 2. The van der Waals surface area contributed by atoms with E-state index >= 15 is 0 Å². The summed E-state index contributed by atoms with van der Waals surface area (Å²) in [5, 5.41) is 3.03. The SMILES string of the molecule is O=C(NCc1ccco1)N(Cc1ccc2c(c1)OCO2)C1CCN(Cc2ccccc2)CC1. The minimum absolute atomic E-state index is 0.0782. The fraction of sp³-hybridized carbons (Fsp3) is 0.346. The minimum Gasteiger partial charge on any atom is -0.467 e. The highest BCUT2D eigenvalue weighted by Crippen LogP contribution is 2.33. The Morgan fingerprint density at radius 2 is 1.79 bits per heavy atom. The Balaban J connectivity index is 1.25. The zero-order valence-corrected chi connectivity index (χ0v) is 18.6. The first kappa shape index (κ1) is 21.4. The van der Waals surface area contributed by atoms with Gasteiger partial charge >= 0.3 is 6.03 Å². The molecule has 1 aromatic heterocycles. The summed E-state index contributed by atoms with van der Waals surface area (Å²) in [4.78, 5) is 17.7. The first-order valence-corrected chi connectivity index (χ1v) is 11.5. The lowest BCUT2D eigenvalue weighted by Crippen LogP contribution is -2.50. The monoisotopic (exact) mass is 447 g/mol. The highest BCUT2D eigenvalue weighted by atomic mass is 16.7. The van der Waals surface area contributed by atoms with Gasteiger partial charge in [-0.2, -0.15) is 0 Å². The lowest BCUT2D eigenvalue weighted by Gasteiger charge is -2.38. The number of piperidine rings is 1. The summed E-state index contributed by atoms with van der Waals surface area (Å²) in [7, 11) is 0. The van der Waals surface area contributed by atoms with Crippen LogP contribution >= 0.6 is 0 Å². The van der Waals surface area contributed by atoms with Crippen molar-refractivity contribution in [3.8, 4) is 11.5 Å². The van der Waals surface area contributed by atoms with Crippen LogP contribution in [0.3, 0.4) is 0 Å². The van der Waals surface area contributed by atoms with Crippen molar-refractivity contribution < 1.29 is 18.7 Å². The smallest absolute Gasteiger partial charge is 0.318 e. The Kier molecular flexibility index (Phi) is 6.48. The summed E-state index contributed by atoms with van der Waals surface area (Å²) in [6.07, 6.45) is 3.49. The summed E-state index contributed by atoms with van der Waals surface area (Å²) in [5.41, 5.74) is 2.35. The van der Waals surface area contributed by atoms with Crippen LogP contribution in [-0.2, 0) is 19.6 Å². The third kappa shape index (κ3) is 5.31. The average Bonchev–Trinajstić information content (AvgIpc) is 3.54. The van der Waals surface area contributed by atoms with Crippen LogP contribution in [0.1, 0.15) is 29.7 Å². The van der Waals surface area contributed by atoms with Crippen LogP contribution in [0.5, 0.6) is 11.5 Å². The minimum atomic E-state index is -0.0782. The van der Waals surface area contributed by atoms with Crippen LogP contribution in [0.2, 0.25) is 0 Å². The fourth-order valence-electron chi connectivity index (χ4n) is 4.51. The van der Waals surface area contributed by atoms with Gasteiger partial charge in [0.2, 0.25) is 6.79 Å². The Labute approximate surface area is 193 Å². The topological polar surface area (TPSA) is 67.2 Å². The average molecular weight is 448 g/mol. The van der Waals surface area contributed by atoms with E-state index in [1.165, 1.54) is 5.56 Å². The van der Waals surface area contributed by atoms with Gasteiger partial charge in [-0.15, -0.1) is 0 Å². The van der Waals surface area contributed by atoms with E-state index < -0.39 is 0 Å². The number of benzene rings is 2. The normalized spacial score (nSPS) is 16.0. The van der Waals surface area contributed by atoms with Gasteiger partial charge in [0, 0.05) is 32.2 Å². The Morgan fingerprint density at radius 3 is 2.58 bits per heavy atom. The molecule has 2 aromatic carbocycles. The van der Waals surface area contributed by atoms with E-state index in [0.29, 0.717) is 13.1 Å². The number of hydrogen-bond donors (Lipinski definition) is 1. The van der Waals surface area contributed by atoms with Crippen molar-refractivity contribution in [2.24, 2.45) is 0 Å². The number of urea groups is 1. The number of amides is 2. The Bertz CT molecular complexity index is 1050. The third-order valence-electron chi connectivity index (χ3n) is 6.29. The molecule has 0 radical (unpaired) electrons. The molecule has 1 N–H and O–H groups in total. The maximum atomic E-state index is 13.3. The van der Waals surface area contributed by atoms with E-state index in [0.717, 1.165) is 55.3 Å². The maximum Gasteiger partial charge on any atom is 0.318 e. The van der Waals surface area contributed by atoms with Crippen LogP contribution in [0, 0.1) is 0 Å². The van der Waals surface area contributed by atoms with Gasteiger partial charge < -0.3 is 24.1 Å². The molecule has 0 aliphatic carbocycles.